The smallest absolute Gasteiger partial charge is 0.242 e. The van der Waals surface area contributed by atoms with Gasteiger partial charge in [0.25, 0.3) is 0 Å². The standard InChI is InChI=1S/C20H22N2O4S/c1-15-7-9-18(10-8-15)27(25,26)21(2)12-17(24)13-22-11-16(14-23)19-5-3-4-6-20(19)22/h3-11,14,17,24H,12-13H2,1-2H3/t17-/m1/s1. The van der Waals surface area contributed by atoms with Gasteiger partial charge in [-0.05, 0) is 25.1 Å². The molecular formula is C20H22N2O4S. The molecule has 0 aliphatic heterocycles. The fraction of sp³-hybridized carbons (Fsp3) is 0.250. The molecule has 1 atom stereocenters. The highest BCUT2D eigenvalue weighted by atomic mass is 32.2. The number of aldehydes is 1. The summed E-state index contributed by atoms with van der Waals surface area (Å²) in [6, 6.07) is 14.0. The number of nitrogens with zero attached hydrogens (tertiary/aromatic N) is 2. The van der Waals surface area contributed by atoms with Gasteiger partial charge in [0.2, 0.25) is 10.0 Å². The Morgan fingerprint density at radius 3 is 2.48 bits per heavy atom. The zero-order valence-corrected chi connectivity index (χ0v) is 16.1. The van der Waals surface area contributed by atoms with Gasteiger partial charge in [0.15, 0.2) is 6.29 Å². The first kappa shape index (κ1) is 19.3. The number of carbonyl (C=O) groups is 1. The first-order valence-electron chi connectivity index (χ1n) is 8.57. The largest absolute Gasteiger partial charge is 0.390 e. The van der Waals surface area contributed by atoms with Crippen molar-refractivity contribution in [3.8, 4) is 0 Å². The number of aryl methyl sites for hydroxylation is 1. The number of hydrogen-bond acceptors (Lipinski definition) is 4. The van der Waals surface area contributed by atoms with E-state index in [0.29, 0.717) is 5.56 Å². The number of carbonyl (C=O) groups excluding carboxylic acids is 1. The third-order valence-corrected chi connectivity index (χ3v) is 6.39. The van der Waals surface area contributed by atoms with Crippen molar-refractivity contribution in [1.82, 2.24) is 8.87 Å². The number of aliphatic hydroxyl groups excluding tert-OH is 1. The number of rotatable bonds is 7. The summed E-state index contributed by atoms with van der Waals surface area (Å²) in [6.45, 7) is 2.01. The van der Waals surface area contributed by atoms with Crippen LogP contribution in [0.5, 0.6) is 0 Å². The Morgan fingerprint density at radius 1 is 1.15 bits per heavy atom. The number of likely N-dealkylation sites (N-methyl/N-ethyl adjacent to an activating group) is 1. The molecule has 1 heterocycles. The summed E-state index contributed by atoms with van der Waals surface area (Å²) in [6.07, 6.45) is 1.53. The number of sulfonamides is 1. The van der Waals surface area contributed by atoms with Crippen LogP contribution in [-0.2, 0) is 16.6 Å². The molecule has 2 aromatic carbocycles. The summed E-state index contributed by atoms with van der Waals surface area (Å²) in [4.78, 5) is 11.4. The van der Waals surface area contributed by atoms with E-state index in [-0.39, 0.29) is 18.0 Å². The van der Waals surface area contributed by atoms with Crippen LogP contribution in [0.25, 0.3) is 10.9 Å². The summed E-state index contributed by atoms with van der Waals surface area (Å²) in [5, 5.41) is 11.3. The lowest BCUT2D eigenvalue weighted by Crippen LogP contribution is -2.36. The summed E-state index contributed by atoms with van der Waals surface area (Å²) >= 11 is 0. The third kappa shape index (κ3) is 3.95. The van der Waals surface area contributed by atoms with Crippen LogP contribution in [0.2, 0.25) is 0 Å². The Morgan fingerprint density at radius 2 is 1.81 bits per heavy atom. The predicted octanol–water partition coefficient (Wildman–Crippen LogP) is 2.44. The van der Waals surface area contributed by atoms with Crippen molar-refractivity contribution in [3.63, 3.8) is 0 Å². The Bertz CT molecular complexity index is 1060. The molecule has 0 aliphatic carbocycles. The Kier molecular flexibility index (Phi) is 5.46. The number of para-hydroxylation sites is 1. The van der Waals surface area contributed by atoms with Crippen LogP contribution in [0, 0.1) is 6.92 Å². The molecule has 3 aromatic rings. The lowest BCUT2D eigenvalue weighted by Gasteiger charge is -2.21. The molecule has 7 heteroatoms. The van der Waals surface area contributed by atoms with E-state index in [9.17, 15) is 18.3 Å². The van der Waals surface area contributed by atoms with Gasteiger partial charge in [-0.1, -0.05) is 35.9 Å². The number of aliphatic hydroxyl groups is 1. The topological polar surface area (TPSA) is 79.6 Å². The second-order valence-electron chi connectivity index (χ2n) is 6.62. The molecule has 1 aromatic heterocycles. The summed E-state index contributed by atoms with van der Waals surface area (Å²) in [7, 11) is -2.23. The zero-order chi connectivity index (χ0) is 19.6. The normalized spacial score (nSPS) is 13.2. The second kappa shape index (κ2) is 7.64. The van der Waals surface area contributed by atoms with Gasteiger partial charge < -0.3 is 9.67 Å². The highest BCUT2D eigenvalue weighted by molar-refractivity contribution is 7.89. The second-order valence-corrected chi connectivity index (χ2v) is 8.67. The highest BCUT2D eigenvalue weighted by Crippen LogP contribution is 2.21. The first-order valence-corrected chi connectivity index (χ1v) is 10.0. The monoisotopic (exact) mass is 386 g/mol. The fourth-order valence-electron chi connectivity index (χ4n) is 3.09. The Labute approximate surface area is 158 Å². The van der Waals surface area contributed by atoms with E-state index in [1.807, 2.05) is 31.2 Å². The molecule has 6 nitrogen and oxygen atoms in total. The predicted molar refractivity (Wildman–Crippen MR) is 104 cm³/mol. The van der Waals surface area contributed by atoms with Crippen LogP contribution >= 0.6 is 0 Å². The van der Waals surface area contributed by atoms with Crippen molar-refractivity contribution >= 4 is 27.2 Å². The van der Waals surface area contributed by atoms with Crippen molar-refractivity contribution in [1.29, 1.82) is 0 Å². The van der Waals surface area contributed by atoms with E-state index in [2.05, 4.69) is 0 Å². The van der Waals surface area contributed by atoms with E-state index in [4.69, 9.17) is 0 Å². The SMILES string of the molecule is Cc1ccc(S(=O)(=O)N(C)C[C@@H](O)Cn2cc(C=O)c3ccccc32)cc1. The van der Waals surface area contributed by atoms with Crippen molar-refractivity contribution in [2.45, 2.75) is 24.5 Å². The molecule has 0 saturated carbocycles. The van der Waals surface area contributed by atoms with Gasteiger partial charge in [-0.3, -0.25) is 4.79 Å². The van der Waals surface area contributed by atoms with E-state index < -0.39 is 16.1 Å². The van der Waals surface area contributed by atoms with Gasteiger partial charge in [0, 0.05) is 42.8 Å². The molecule has 0 unspecified atom stereocenters. The van der Waals surface area contributed by atoms with Crippen LogP contribution in [-0.4, -0.2) is 48.4 Å². The maximum Gasteiger partial charge on any atom is 0.242 e. The van der Waals surface area contributed by atoms with Gasteiger partial charge in [0.05, 0.1) is 11.0 Å². The van der Waals surface area contributed by atoms with Crippen LogP contribution < -0.4 is 0 Å². The maximum atomic E-state index is 12.7. The lowest BCUT2D eigenvalue weighted by atomic mass is 10.2. The van der Waals surface area contributed by atoms with Gasteiger partial charge >= 0.3 is 0 Å². The van der Waals surface area contributed by atoms with E-state index in [0.717, 1.165) is 27.1 Å². The van der Waals surface area contributed by atoms with E-state index in [1.165, 1.54) is 7.05 Å². The van der Waals surface area contributed by atoms with E-state index in [1.54, 1.807) is 35.0 Å². The van der Waals surface area contributed by atoms with Crippen LogP contribution in [0.4, 0.5) is 0 Å². The minimum Gasteiger partial charge on any atom is -0.390 e. The Hall–Kier alpha value is -2.48. The van der Waals surface area contributed by atoms with Crippen molar-refractivity contribution < 1.29 is 18.3 Å². The van der Waals surface area contributed by atoms with Gasteiger partial charge in [0.1, 0.15) is 0 Å². The van der Waals surface area contributed by atoms with Gasteiger partial charge in [-0.25, -0.2) is 8.42 Å². The van der Waals surface area contributed by atoms with Gasteiger partial charge in [-0.2, -0.15) is 4.31 Å². The molecule has 0 aliphatic rings. The molecule has 1 N–H and O–H groups in total. The molecule has 3 rings (SSSR count). The van der Waals surface area contributed by atoms with Crippen LogP contribution in [0.15, 0.2) is 59.6 Å². The average molecular weight is 386 g/mol. The molecular weight excluding hydrogens is 364 g/mol. The third-order valence-electron chi connectivity index (χ3n) is 4.55. The molecule has 142 valence electrons. The molecule has 0 radical (unpaired) electrons. The number of fused-ring (bicyclic) bond motifs is 1. The lowest BCUT2D eigenvalue weighted by molar-refractivity contribution is 0.112. The zero-order valence-electron chi connectivity index (χ0n) is 15.2. The summed E-state index contributed by atoms with van der Waals surface area (Å²) < 4.78 is 28.2. The molecule has 0 fully saturated rings. The summed E-state index contributed by atoms with van der Waals surface area (Å²) in [5.74, 6) is 0. The van der Waals surface area contributed by atoms with Crippen LogP contribution in [0.1, 0.15) is 15.9 Å². The maximum absolute atomic E-state index is 12.7. The van der Waals surface area contributed by atoms with Gasteiger partial charge in [-0.15, -0.1) is 0 Å². The quantitative estimate of drug-likeness (QED) is 0.633. The molecule has 0 bridgehead atoms. The summed E-state index contributed by atoms with van der Waals surface area (Å²) in [5.41, 5.74) is 2.34. The number of benzene rings is 2. The molecule has 0 spiro atoms. The van der Waals surface area contributed by atoms with Crippen molar-refractivity contribution in [3.05, 3.63) is 65.9 Å². The highest BCUT2D eigenvalue weighted by Gasteiger charge is 2.23. The number of aromatic nitrogens is 1. The molecule has 27 heavy (non-hydrogen) atoms. The Balaban J connectivity index is 1.77. The molecule has 0 saturated heterocycles. The van der Waals surface area contributed by atoms with Crippen molar-refractivity contribution in [2.24, 2.45) is 0 Å². The minimum absolute atomic E-state index is 0.0564. The fourth-order valence-corrected chi connectivity index (χ4v) is 4.30. The minimum atomic E-state index is -3.68. The average Bonchev–Trinajstić information content (AvgIpc) is 2.99. The molecule has 0 amide bonds. The number of hydrogen-bond donors (Lipinski definition) is 1. The van der Waals surface area contributed by atoms with Crippen molar-refractivity contribution in [2.75, 3.05) is 13.6 Å². The first-order chi connectivity index (χ1) is 12.8. The van der Waals surface area contributed by atoms with Crippen LogP contribution in [0.3, 0.4) is 0 Å². The van der Waals surface area contributed by atoms with E-state index >= 15 is 0 Å².